The lowest BCUT2D eigenvalue weighted by Crippen LogP contribution is -2.08. The van der Waals surface area contributed by atoms with E-state index in [-0.39, 0.29) is 11.8 Å². The molecule has 61 heavy (non-hydrogen) atoms. The van der Waals surface area contributed by atoms with Gasteiger partial charge in [-0.3, -0.25) is 0 Å². The molecule has 0 amide bonds. The zero-order valence-electron chi connectivity index (χ0n) is 33.7. The number of hydrogen-bond acceptors (Lipinski definition) is 3. The molecule has 7 aromatic rings. The van der Waals surface area contributed by atoms with Crippen LogP contribution >= 0.6 is 0 Å². The number of para-hydroxylation sites is 1. The molecule has 3 aliphatic rings. The number of benzene rings is 5. The molecule has 0 aliphatic heterocycles. The fourth-order valence-electron chi connectivity index (χ4n) is 8.76. The minimum Gasteiger partial charge on any atom is -0.309 e. The van der Waals surface area contributed by atoms with Crippen LogP contribution in [0.1, 0.15) is 35.5 Å². The summed E-state index contributed by atoms with van der Waals surface area (Å²) in [6.07, 6.45) is 26.1. The Bertz CT molecular complexity index is 3160. The molecule has 2 unspecified atom stereocenters. The molecule has 0 spiro atoms. The van der Waals surface area contributed by atoms with Gasteiger partial charge in [0.05, 0.1) is 34.1 Å². The quantitative estimate of drug-likeness (QED) is 0.144. The number of allylic oxidation sites excluding steroid dienone is 16. The molecular formula is C57H42N4. The van der Waals surface area contributed by atoms with Gasteiger partial charge in [0.2, 0.25) is 0 Å². The van der Waals surface area contributed by atoms with Crippen molar-refractivity contribution in [2.24, 2.45) is 11.8 Å². The number of nitriles is 1. The normalized spacial score (nSPS) is 17.0. The van der Waals surface area contributed by atoms with E-state index in [0.29, 0.717) is 11.4 Å². The Hall–Kier alpha value is -7.87. The summed E-state index contributed by atoms with van der Waals surface area (Å²) in [7, 11) is 0. The van der Waals surface area contributed by atoms with Crippen LogP contribution in [0, 0.1) is 23.2 Å². The molecule has 3 aliphatic carbocycles. The smallest absolute Gasteiger partial charge is 0.160 e. The number of nitrogens with zero attached hydrogens (tertiary/aromatic N) is 4. The van der Waals surface area contributed by atoms with E-state index in [1.807, 2.05) is 54.6 Å². The van der Waals surface area contributed by atoms with Gasteiger partial charge in [0, 0.05) is 27.6 Å². The Kier molecular flexibility index (Phi) is 9.85. The zero-order valence-corrected chi connectivity index (χ0v) is 33.7. The summed E-state index contributed by atoms with van der Waals surface area (Å²) in [5.74, 6) is 1.20. The van der Waals surface area contributed by atoms with Crippen molar-refractivity contribution in [2.75, 3.05) is 0 Å². The van der Waals surface area contributed by atoms with E-state index in [0.717, 1.165) is 79.7 Å². The standard InChI is InChI=1S/C57H42N4/c1-3-4-11-38(2)53-36-54(44-12-7-5-8-13-44)60-57(59-53)50-29-19-40-16-21-46-32-39(17-22-47(50)33-40)18-28-49(46)43-25-23-42(24-26-43)45-27-31-52-51-30-20-41(37-58)34-55(51)61(56(52)35-45)48-14-9-6-10-15-48/h3-17,20-36,39-40H,1-2,18-19H2. The average molecular weight is 783 g/mol. The summed E-state index contributed by atoms with van der Waals surface area (Å²) in [6.45, 7) is 8.13. The van der Waals surface area contributed by atoms with Gasteiger partial charge in [-0.2, -0.15) is 5.26 Å². The lowest BCUT2D eigenvalue weighted by molar-refractivity contribution is 0.800. The summed E-state index contributed by atoms with van der Waals surface area (Å²) >= 11 is 0. The Labute approximate surface area is 356 Å². The number of fused-ring (bicyclic) bond motifs is 5. The topological polar surface area (TPSA) is 54.5 Å². The lowest BCUT2D eigenvalue weighted by atomic mass is 9.82. The van der Waals surface area contributed by atoms with Crippen molar-refractivity contribution in [3.8, 4) is 34.1 Å². The maximum atomic E-state index is 9.71. The van der Waals surface area contributed by atoms with Gasteiger partial charge in [-0.1, -0.05) is 171 Å². The van der Waals surface area contributed by atoms with E-state index >= 15 is 0 Å². The van der Waals surface area contributed by atoms with E-state index in [1.165, 1.54) is 22.1 Å². The van der Waals surface area contributed by atoms with Gasteiger partial charge in [0.15, 0.2) is 5.82 Å². The molecule has 0 fully saturated rings. The van der Waals surface area contributed by atoms with Crippen molar-refractivity contribution >= 4 is 38.5 Å². The van der Waals surface area contributed by atoms with Crippen molar-refractivity contribution in [3.05, 3.63) is 241 Å². The highest BCUT2D eigenvalue weighted by Crippen LogP contribution is 2.39. The fraction of sp³-hybridized carbons (Fsp3) is 0.0702. The third-order valence-electron chi connectivity index (χ3n) is 11.9. The van der Waals surface area contributed by atoms with Crippen LogP contribution in [0.2, 0.25) is 0 Å². The third-order valence-corrected chi connectivity index (χ3v) is 11.9. The molecule has 10 rings (SSSR count). The Morgan fingerprint density at radius 3 is 1.98 bits per heavy atom. The van der Waals surface area contributed by atoms with Crippen molar-refractivity contribution in [1.82, 2.24) is 14.5 Å². The van der Waals surface area contributed by atoms with Gasteiger partial charge in [-0.15, -0.1) is 0 Å². The summed E-state index contributed by atoms with van der Waals surface area (Å²) in [5, 5.41) is 12.0. The molecule has 5 aromatic carbocycles. The van der Waals surface area contributed by atoms with Gasteiger partial charge in [0.25, 0.3) is 0 Å². The molecule has 4 heteroatoms. The van der Waals surface area contributed by atoms with Crippen LogP contribution in [0.5, 0.6) is 0 Å². The molecule has 0 saturated carbocycles. The summed E-state index contributed by atoms with van der Waals surface area (Å²) in [6, 6.07) is 46.7. The van der Waals surface area contributed by atoms with Crippen molar-refractivity contribution < 1.29 is 0 Å². The van der Waals surface area contributed by atoms with Crippen molar-refractivity contribution in [2.45, 2.75) is 12.8 Å². The second-order valence-corrected chi connectivity index (χ2v) is 15.8. The first-order valence-corrected chi connectivity index (χ1v) is 20.8. The lowest BCUT2D eigenvalue weighted by Gasteiger charge is -2.23. The van der Waals surface area contributed by atoms with Crippen LogP contribution in [0.15, 0.2) is 219 Å². The molecule has 0 saturated heterocycles. The van der Waals surface area contributed by atoms with Crippen molar-refractivity contribution in [3.63, 3.8) is 0 Å². The van der Waals surface area contributed by atoms with E-state index in [2.05, 4.69) is 157 Å². The Morgan fingerprint density at radius 1 is 0.656 bits per heavy atom. The second kappa shape index (κ2) is 16.1. The summed E-state index contributed by atoms with van der Waals surface area (Å²) < 4.78 is 2.27. The van der Waals surface area contributed by atoms with Gasteiger partial charge < -0.3 is 4.57 Å². The molecule has 2 heterocycles. The molecule has 0 N–H and O–H groups in total. The highest BCUT2D eigenvalue weighted by atomic mass is 15.0. The van der Waals surface area contributed by atoms with E-state index in [1.54, 1.807) is 6.08 Å². The van der Waals surface area contributed by atoms with Gasteiger partial charge in [0.1, 0.15) is 0 Å². The largest absolute Gasteiger partial charge is 0.309 e. The minimum absolute atomic E-state index is 0.238. The van der Waals surface area contributed by atoms with E-state index in [4.69, 9.17) is 9.97 Å². The monoisotopic (exact) mass is 782 g/mol. The molecule has 2 aromatic heterocycles. The van der Waals surface area contributed by atoms with Crippen molar-refractivity contribution in [1.29, 1.82) is 5.26 Å². The summed E-state index contributed by atoms with van der Waals surface area (Å²) in [5.41, 5.74) is 15.6. The fourth-order valence-corrected chi connectivity index (χ4v) is 8.76. The van der Waals surface area contributed by atoms with Crippen LogP contribution in [0.4, 0.5) is 0 Å². The summed E-state index contributed by atoms with van der Waals surface area (Å²) in [4.78, 5) is 10.2. The second-order valence-electron chi connectivity index (χ2n) is 15.8. The van der Waals surface area contributed by atoms with Crippen LogP contribution in [0.3, 0.4) is 0 Å². The van der Waals surface area contributed by atoms with Crippen LogP contribution < -0.4 is 0 Å². The van der Waals surface area contributed by atoms with Crippen LogP contribution in [-0.4, -0.2) is 14.5 Å². The van der Waals surface area contributed by atoms with E-state index in [9.17, 15) is 5.26 Å². The third kappa shape index (κ3) is 7.28. The van der Waals surface area contributed by atoms with Gasteiger partial charge in [-0.25, -0.2) is 9.97 Å². The predicted octanol–water partition coefficient (Wildman–Crippen LogP) is 14.0. The number of rotatable bonds is 8. The maximum absolute atomic E-state index is 9.71. The van der Waals surface area contributed by atoms with Crippen LogP contribution in [-0.2, 0) is 0 Å². The highest BCUT2D eigenvalue weighted by molar-refractivity contribution is 6.10. The molecule has 290 valence electrons. The molecule has 4 nitrogen and oxygen atoms in total. The predicted molar refractivity (Wildman–Crippen MR) is 253 cm³/mol. The number of aromatic nitrogens is 3. The van der Waals surface area contributed by atoms with Crippen LogP contribution in [0.25, 0.3) is 66.6 Å². The molecular weight excluding hydrogens is 741 g/mol. The van der Waals surface area contributed by atoms with E-state index < -0.39 is 0 Å². The first kappa shape index (κ1) is 37.4. The average Bonchev–Trinajstić information content (AvgIpc) is 3.65. The Balaban J connectivity index is 0.928. The Morgan fingerprint density at radius 2 is 1.28 bits per heavy atom. The number of hydrogen-bond donors (Lipinski definition) is 0. The minimum atomic E-state index is 0.238. The molecule has 2 atom stereocenters. The molecule has 0 radical (unpaired) electrons. The van der Waals surface area contributed by atoms with Gasteiger partial charge >= 0.3 is 0 Å². The first-order valence-electron chi connectivity index (χ1n) is 20.8. The zero-order chi connectivity index (χ0) is 41.3. The SMILES string of the molecule is C=CC=CC(=C)c1cc(-c2ccccc2)nc(C2=CCC3C=CC4=CC(C=CC2=C3)CC=C4c2ccc(-c3ccc4c5ccc(C#N)cc5n(-c5ccccc5)c4c3)cc2)n1. The maximum Gasteiger partial charge on any atom is 0.160 e. The van der Waals surface area contributed by atoms with Gasteiger partial charge in [-0.05, 0) is 100 Å². The molecule has 4 bridgehead atoms. The highest BCUT2D eigenvalue weighted by Gasteiger charge is 2.22. The first-order chi connectivity index (χ1) is 30.0.